The summed E-state index contributed by atoms with van der Waals surface area (Å²) < 4.78 is 68.8. The zero-order chi connectivity index (χ0) is 26.4. The van der Waals surface area contributed by atoms with Crippen molar-refractivity contribution in [2.24, 2.45) is 0 Å². The average Bonchev–Trinajstić information content (AvgIpc) is 3.35. The Hall–Kier alpha value is -2.96. The van der Waals surface area contributed by atoms with Crippen LogP contribution in [-0.2, 0) is 38.0 Å². The molecule has 1 amide bonds. The van der Waals surface area contributed by atoms with E-state index in [9.17, 15) is 26.6 Å². The van der Waals surface area contributed by atoms with E-state index in [1.54, 1.807) is 24.8 Å². The van der Waals surface area contributed by atoms with Crippen LogP contribution in [-0.4, -0.2) is 46.2 Å². The number of halogens is 2. The first-order chi connectivity index (χ1) is 16.9. The summed E-state index contributed by atoms with van der Waals surface area (Å²) in [6.07, 6.45) is 5.36. The summed E-state index contributed by atoms with van der Waals surface area (Å²) in [6, 6.07) is 10.1. The van der Waals surface area contributed by atoms with Gasteiger partial charge >= 0.3 is 13.3 Å². The minimum atomic E-state index is -5.74. The molecule has 0 saturated carbocycles. The van der Waals surface area contributed by atoms with Gasteiger partial charge in [-0.05, 0) is 30.5 Å². The predicted molar refractivity (Wildman–Crippen MR) is 126 cm³/mol. The number of sulfonamides is 1. The molecule has 36 heavy (non-hydrogen) atoms. The molecule has 0 saturated heterocycles. The summed E-state index contributed by atoms with van der Waals surface area (Å²) in [6.45, 7) is 0.823. The fraction of sp³-hybridized carbons (Fsp3) is 0.273. The van der Waals surface area contributed by atoms with Crippen LogP contribution in [0.4, 0.5) is 8.78 Å². The van der Waals surface area contributed by atoms with Crippen molar-refractivity contribution in [2.45, 2.75) is 36.0 Å². The Morgan fingerprint density at radius 3 is 2.36 bits per heavy atom. The molecular weight excluding hydrogens is 517 g/mol. The van der Waals surface area contributed by atoms with E-state index in [2.05, 4.69) is 15.0 Å². The monoisotopic (exact) mass is 542 g/mol. The minimum absolute atomic E-state index is 0.0560. The highest BCUT2D eigenvalue weighted by Gasteiger charge is 2.50. The van der Waals surface area contributed by atoms with Gasteiger partial charge in [0.1, 0.15) is 6.04 Å². The number of carbonyl (C=O) groups excluding carboxylic acids is 1. The van der Waals surface area contributed by atoms with E-state index in [4.69, 9.17) is 9.79 Å². The molecule has 0 fully saturated rings. The molecule has 2 aromatic carbocycles. The van der Waals surface area contributed by atoms with Crippen molar-refractivity contribution >= 4 is 23.5 Å². The summed E-state index contributed by atoms with van der Waals surface area (Å²) in [5, 5.41) is 2.67. The Kier molecular flexibility index (Phi) is 8.75. The zero-order valence-electron chi connectivity index (χ0n) is 18.9. The van der Waals surface area contributed by atoms with Gasteiger partial charge in [0.25, 0.3) is 0 Å². The molecule has 4 N–H and O–H groups in total. The number of aryl methyl sites for hydroxylation is 1. The maximum absolute atomic E-state index is 13.9. The van der Waals surface area contributed by atoms with E-state index in [1.807, 2.05) is 4.57 Å². The Morgan fingerprint density at radius 1 is 1.11 bits per heavy atom. The zero-order valence-corrected chi connectivity index (χ0v) is 20.6. The number of nitrogens with one attached hydrogen (secondary N) is 2. The first kappa shape index (κ1) is 27.6. The first-order valence-electron chi connectivity index (χ1n) is 10.7. The van der Waals surface area contributed by atoms with Crippen LogP contribution in [0.25, 0.3) is 0 Å². The number of imidazole rings is 1. The van der Waals surface area contributed by atoms with Crippen molar-refractivity contribution < 1.29 is 36.3 Å². The summed E-state index contributed by atoms with van der Waals surface area (Å²) in [5.41, 5.74) is -4.98. The highest BCUT2D eigenvalue weighted by molar-refractivity contribution is 7.89. The van der Waals surface area contributed by atoms with Gasteiger partial charge in [0, 0.05) is 31.0 Å². The first-order valence-corrected chi connectivity index (χ1v) is 13.8. The van der Waals surface area contributed by atoms with Gasteiger partial charge in [-0.3, -0.25) is 9.36 Å². The van der Waals surface area contributed by atoms with E-state index in [-0.39, 0.29) is 17.9 Å². The standard InChI is InChI=1S/C22H25F2N4O6PS/c23-22(24,35(30,31)32)18-9-7-17(8-10-18)15-20(27-36(33,34)19-5-2-1-3-6-19)21(29)26-11-4-13-28-14-12-25-16-28/h1-3,5-10,12,14,16,20,27H,4,11,13,15H2,(H,26,29)(H2,30,31,32). The minimum Gasteiger partial charge on any atom is -0.355 e. The molecule has 1 heterocycles. The maximum Gasteiger partial charge on any atom is 0.399 e. The Morgan fingerprint density at radius 2 is 1.78 bits per heavy atom. The largest absolute Gasteiger partial charge is 0.399 e. The van der Waals surface area contributed by atoms with Crippen LogP contribution in [0.5, 0.6) is 0 Å². The third kappa shape index (κ3) is 7.05. The van der Waals surface area contributed by atoms with Crippen molar-refractivity contribution in [2.75, 3.05) is 6.54 Å². The normalized spacial score (nSPS) is 13.3. The highest BCUT2D eigenvalue weighted by atomic mass is 32.2. The van der Waals surface area contributed by atoms with Crippen molar-refractivity contribution in [3.05, 3.63) is 84.4 Å². The fourth-order valence-electron chi connectivity index (χ4n) is 3.30. The quantitative estimate of drug-likeness (QED) is 0.202. The average molecular weight is 543 g/mol. The van der Waals surface area contributed by atoms with Crippen LogP contribution in [0, 0.1) is 0 Å². The van der Waals surface area contributed by atoms with E-state index in [0.29, 0.717) is 18.5 Å². The van der Waals surface area contributed by atoms with Gasteiger partial charge in [-0.2, -0.15) is 13.5 Å². The number of nitrogens with zero attached hydrogens (tertiary/aromatic N) is 2. The van der Waals surface area contributed by atoms with E-state index < -0.39 is 40.8 Å². The highest BCUT2D eigenvalue weighted by Crippen LogP contribution is 2.59. The molecule has 1 atom stereocenters. The van der Waals surface area contributed by atoms with Crippen molar-refractivity contribution in [3.63, 3.8) is 0 Å². The van der Waals surface area contributed by atoms with Crippen LogP contribution in [0.15, 0.2) is 78.2 Å². The second kappa shape index (κ2) is 11.4. The Bertz CT molecular complexity index is 1300. The fourth-order valence-corrected chi connectivity index (χ4v) is 5.01. The topological polar surface area (TPSA) is 151 Å². The molecule has 0 radical (unpaired) electrons. The smallest absolute Gasteiger partial charge is 0.355 e. The maximum atomic E-state index is 13.9. The molecule has 14 heteroatoms. The van der Waals surface area contributed by atoms with Crippen molar-refractivity contribution in [1.29, 1.82) is 0 Å². The lowest BCUT2D eigenvalue weighted by atomic mass is 10.0. The second-order valence-corrected chi connectivity index (χ2v) is 11.3. The molecule has 10 nitrogen and oxygen atoms in total. The summed E-state index contributed by atoms with van der Waals surface area (Å²) in [7, 11) is -9.83. The van der Waals surface area contributed by atoms with Gasteiger partial charge < -0.3 is 19.7 Å². The number of amides is 1. The predicted octanol–water partition coefficient (Wildman–Crippen LogP) is 2.21. The van der Waals surface area contributed by atoms with Crippen molar-refractivity contribution in [1.82, 2.24) is 19.6 Å². The third-order valence-corrected chi connectivity index (χ3v) is 7.70. The number of alkyl halides is 2. The molecule has 0 aliphatic heterocycles. The summed E-state index contributed by atoms with van der Waals surface area (Å²) >= 11 is 0. The lowest BCUT2D eigenvalue weighted by Gasteiger charge is -2.20. The molecule has 1 unspecified atom stereocenters. The number of benzene rings is 2. The molecule has 3 aromatic rings. The third-order valence-electron chi connectivity index (χ3n) is 5.23. The van der Waals surface area contributed by atoms with Crippen LogP contribution in [0.1, 0.15) is 17.5 Å². The van der Waals surface area contributed by atoms with Crippen LogP contribution in [0.3, 0.4) is 0 Å². The second-order valence-electron chi connectivity index (χ2n) is 7.92. The number of hydrogen-bond acceptors (Lipinski definition) is 5. The number of aromatic nitrogens is 2. The molecule has 0 spiro atoms. The number of hydrogen-bond donors (Lipinski definition) is 4. The number of rotatable bonds is 12. The molecule has 0 bridgehead atoms. The Labute approximate surface area is 206 Å². The van der Waals surface area contributed by atoms with E-state index in [0.717, 1.165) is 24.3 Å². The van der Waals surface area contributed by atoms with Gasteiger partial charge in [0.2, 0.25) is 15.9 Å². The SMILES string of the molecule is O=C(NCCCn1ccnc1)C(Cc1ccc(C(F)(F)P(=O)(O)O)cc1)NS(=O)(=O)c1ccccc1. The Balaban J connectivity index is 1.75. The van der Waals surface area contributed by atoms with Crippen LogP contribution in [0.2, 0.25) is 0 Å². The molecular formula is C22H25F2N4O6PS. The number of carbonyl (C=O) groups is 1. The van der Waals surface area contributed by atoms with Crippen LogP contribution < -0.4 is 10.0 Å². The van der Waals surface area contributed by atoms with Gasteiger partial charge in [-0.1, -0.05) is 42.5 Å². The van der Waals surface area contributed by atoms with Gasteiger partial charge in [0.05, 0.1) is 11.2 Å². The molecule has 0 aliphatic carbocycles. The van der Waals surface area contributed by atoms with E-state index in [1.165, 1.54) is 24.3 Å². The summed E-state index contributed by atoms with van der Waals surface area (Å²) in [4.78, 5) is 34.6. The van der Waals surface area contributed by atoms with Gasteiger partial charge in [0.15, 0.2) is 0 Å². The van der Waals surface area contributed by atoms with Crippen molar-refractivity contribution in [3.8, 4) is 0 Å². The molecule has 3 rings (SSSR count). The lowest BCUT2D eigenvalue weighted by molar-refractivity contribution is -0.122. The molecule has 1 aromatic heterocycles. The van der Waals surface area contributed by atoms with Gasteiger partial charge in [-0.25, -0.2) is 13.4 Å². The summed E-state index contributed by atoms with van der Waals surface area (Å²) in [5.74, 6) is -0.621. The molecule has 194 valence electrons. The van der Waals surface area contributed by atoms with E-state index >= 15 is 0 Å². The van der Waals surface area contributed by atoms with Gasteiger partial charge in [-0.15, -0.1) is 0 Å². The molecule has 0 aliphatic rings. The van der Waals surface area contributed by atoms with Crippen LogP contribution >= 0.6 is 7.60 Å². The lowest BCUT2D eigenvalue weighted by Crippen LogP contribution is -2.48.